The highest BCUT2D eigenvalue weighted by atomic mass is 35.5. The first-order valence-electron chi connectivity index (χ1n) is 11.4. The van der Waals surface area contributed by atoms with E-state index in [2.05, 4.69) is 53.3 Å². The van der Waals surface area contributed by atoms with E-state index in [0.29, 0.717) is 18.6 Å². The molecule has 0 aliphatic carbocycles. The average Bonchev–Trinajstić information content (AvgIpc) is 2.76. The molecule has 6 nitrogen and oxygen atoms in total. The predicted octanol–water partition coefficient (Wildman–Crippen LogP) is 3.14. The number of halogens is 1. The van der Waals surface area contributed by atoms with Crippen molar-refractivity contribution in [3.05, 3.63) is 34.9 Å². The number of nitrogens with one attached hydrogen (secondary N) is 2. The van der Waals surface area contributed by atoms with Gasteiger partial charge >= 0.3 is 0 Å². The van der Waals surface area contributed by atoms with E-state index in [1.807, 2.05) is 12.1 Å². The van der Waals surface area contributed by atoms with Crippen LogP contribution in [0.1, 0.15) is 45.2 Å². The maximum absolute atomic E-state index is 6.12. The number of ether oxygens (including phenoxy) is 1. The highest BCUT2D eigenvalue weighted by Crippen LogP contribution is 2.24. The number of hydrogen-bond donors (Lipinski definition) is 2. The number of guanidine groups is 1. The number of rotatable bonds is 7. The molecule has 0 bridgehead atoms. The minimum Gasteiger partial charge on any atom is -0.379 e. The van der Waals surface area contributed by atoms with Crippen molar-refractivity contribution in [1.29, 1.82) is 0 Å². The fourth-order valence-corrected chi connectivity index (χ4v) is 4.38. The average molecular weight is 436 g/mol. The smallest absolute Gasteiger partial charge is 0.191 e. The number of nitrogens with zero attached hydrogens (tertiary/aromatic N) is 3. The largest absolute Gasteiger partial charge is 0.379 e. The van der Waals surface area contributed by atoms with Crippen LogP contribution >= 0.6 is 11.6 Å². The zero-order chi connectivity index (χ0) is 21.3. The van der Waals surface area contributed by atoms with Crippen molar-refractivity contribution in [3.8, 4) is 0 Å². The Balaban J connectivity index is 1.66. The maximum atomic E-state index is 6.12. The molecule has 2 heterocycles. The summed E-state index contributed by atoms with van der Waals surface area (Å²) < 4.78 is 5.57. The van der Waals surface area contributed by atoms with Crippen LogP contribution in [0.4, 0.5) is 0 Å². The van der Waals surface area contributed by atoms with Gasteiger partial charge in [0.15, 0.2) is 5.96 Å². The maximum Gasteiger partial charge on any atom is 0.191 e. The second-order valence-corrected chi connectivity index (χ2v) is 8.92. The molecule has 1 atom stereocenters. The summed E-state index contributed by atoms with van der Waals surface area (Å²) >= 11 is 6.12. The molecule has 0 saturated carbocycles. The summed E-state index contributed by atoms with van der Waals surface area (Å²) in [5.41, 5.74) is 1.26. The number of likely N-dealkylation sites (tertiary alicyclic amines) is 1. The first-order valence-corrected chi connectivity index (χ1v) is 11.8. The molecule has 0 aromatic heterocycles. The van der Waals surface area contributed by atoms with Crippen LogP contribution in [0, 0.1) is 0 Å². The summed E-state index contributed by atoms with van der Waals surface area (Å²) in [6, 6.07) is 9.53. The second-order valence-electron chi connectivity index (χ2n) is 8.48. The molecule has 2 fully saturated rings. The molecule has 1 aromatic carbocycles. The summed E-state index contributed by atoms with van der Waals surface area (Å²) in [4.78, 5) is 10.0. The SMILES string of the molecule is CCNC(=NCC(c1ccc(Cl)cc1)N1CCOCC1)NC1CCN(C(C)C)CC1. The Morgan fingerprint density at radius 2 is 1.77 bits per heavy atom. The molecule has 2 saturated heterocycles. The number of aliphatic imine (C=N–C) groups is 1. The Kier molecular flexibility index (Phi) is 9.25. The molecule has 0 radical (unpaired) electrons. The topological polar surface area (TPSA) is 52.1 Å². The van der Waals surface area contributed by atoms with Gasteiger partial charge in [-0.2, -0.15) is 0 Å². The van der Waals surface area contributed by atoms with E-state index in [4.69, 9.17) is 21.3 Å². The molecule has 2 aliphatic heterocycles. The van der Waals surface area contributed by atoms with Crippen molar-refractivity contribution in [2.45, 2.75) is 51.7 Å². The van der Waals surface area contributed by atoms with Crippen LogP contribution in [-0.4, -0.2) is 80.3 Å². The van der Waals surface area contributed by atoms with Crippen molar-refractivity contribution in [2.24, 2.45) is 4.99 Å². The van der Waals surface area contributed by atoms with Gasteiger partial charge in [0.1, 0.15) is 0 Å². The van der Waals surface area contributed by atoms with Gasteiger partial charge in [-0.05, 0) is 51.3 Å². The molecule has 7 heteroatoms. The molecule has 0 amide bonds. The van der Waals surface area contributed by atoms with Crippen LogP contribution in [-0.2, 0) is 4.74 Å². The first kappa shape index (κ1) is 23.3. The minimum atomic E-state index is 0.226. The summed E-state index contributed by atoms with van der Waals surface area (Å²) in [7, 11) is 0. The molecular formula is C23H38ClN5O. The zero-order valence-corrected chi connectivity index (χ0v) is 19.5. The predicted molar refractivity (Wildman–Crippen MR) is 125 cm³/mol. The molecule has 2 N–H and O–H groups in total. The van der Waals surface area contributed by atoms with Crippen LogP contribution in [0.3, 0.4) is 0 Å². The molecule has 1 aromatic rings. The fourth-order valence-electron chi connectivity index (χ4n) is 4.26. The van der Waals surface area contributed by atoms with E-state index in [1.54, 1.807) is 0 Å². The lowest BCUT2D eigenvalue weighted by atomic mass is 10.0. The number of hydrogen-bond acceptors (Lipinski definition) is 4. The molecule has 2 aliphatic rings. The first-order chi connectivity index (χ1) is 14.6. The molecule has 0 spiro atoms. The number of benzene rings is 1. The summed E-state index contributed by atoms with van der Waals surface area (Å²) in [6.45, 7) is 14.0. The summed E-state index contributed by atoms with van der Waals surface area (Å²) in [5, 5.41) is 7.90. The Labute approximate surface area is 187 Å². The van der Waals surface area contributed by atoms with Crippen molar-refractivity contribution in [3.63, 3.8) is 0 Å². The lowest BCUT2D eigenvalue weighted by Crippen LogP contribution is -2.50. The third-order valence-electron chi connectivity index (χ3n) is 6.11. The monoisotopic (exact) mass is 435 g/mol. The number of piperidine rings is 1. The quantitative estimate of drug-likeness (QED) is 0.509. The van der Waals surface area contributed by atoms with Gasteiger partial charge in [-0.15, -0.1) is 0 Å². The highest BCUT2D eigenvalue weighted by Gasteiger charge is 2.24. The van der Waals surface area contributed by atoms with E-state index in [9.17, 15) is 0 Å². The lowest BCUT2D eigenvalue weighted by molar-refractivity contribution is 0.0179. The van der Waals surface area contributed by atoms with Gasteiger partial charge in [0.25, 0.3) is 0 Å². The van der Waals surface area contributed by atoms with Gasteiger partial charge in [0.2, 0.25) is 0 Å². The van der Waals surface area contributed by atoms with Crippen LogP contribution in [0.5, 0.6) is 0 Å². The van der Waals surface area contributed by atoms with Gasteiger partial charge in [-0.1, -0.05) is 23.7 Å². The second kappa shape index (κ2) is 11.9. The zero-order valence-electron chi connectivity index (χ0n) is 18.7. The van der Waals surface area contributed by atoms with Crippen molar-refractivity contribution in [1.82, 2.24) is 20.4 Å². The standard InChI is InChI=1S/C23H38ClN5O/c1-4-25-23(27-21-9-11-28(12-10-21)18(2)3)26-17-22(29-13-15-30-16-14-29)19-5-7-20(24)8-6-19/h5-8,18,21-22H,4,9-17H2,1-3H3,(H2,25,26,27). The normalized spacial score (nSPS) is 21.0. The van der Waals surface area contributed by atoms with Crippen LogP contribution < -0.4 is 10.6 Å². The molecule has 168 valence electrons. The van der Waals surface area contributed by atoms with Crippen LogP contribution in [0.15, 0.2) is 29.3 Å². The Bertz CT molecular complexity index is 652. The molecule has 30 heavy (non-hydrogen) atoms. The van der Waals surface area contributed by atoms with E-state index in [-0.39, 0.29) is 6.04 Å². The third kappa shape index (κ3) is 6.84. The van der Waals surface area contributed by atoms with Gasteiger partial charge < -0.3 is 20.3 Å². The van der Waals surface area contributed by atoms with Crippen molar-refractivity contribution in [2.75, 3.05) is 52.5 Å². The Morgan fingerprint density at radius 3 is 2.37 bits per heavy atom. The lowest BCUT2D eigenvalue weighted by Gasteiger charge is -2.36. The summed E-state index contributed by atoms with van der Waals surface area (Å²) in [6.07, 6.45) is 2.32. The third-order valence-corrected chi connectivity index (χ3v) is 6.36. The van der Waals surface area contributed by atoms with Gasteiger partial charge in [0.05, 0.1) is 25.8 Å². The van der Waals surface area contributed by atoms with Gasteiger partial charge in [-0.25, -0.2) is 0 Å². The van der Waals surface area contributed by atoms with Crippen molar-refractivity contribution < 1.29 is 4.74 Å². The highest BCUT2D eigenvalue weighted by molar-refractivity contribution is 6.30. The Hall–Kier alpha value is -1.34. The van der Waals surface area contributed by atoms with E-state index < -0.39 is 0 Å². The molecular weight excluding hydrogens is 398 g/mol. The van der Waals surface area contributed by atoms with Crippen LogP contribution in [0.2, 0.25) is 5.02 Å². The number of morpholine rings is 1. The van der Waals surface area contributed by atoms with E-state index in [1.165, 1.54) is 5.56 Å². The fraction of sp³-hybridized carbons (Fsp3) is 0.696. The van der Waals surface area contributed by atoms with Crippen molar-refractivity contribution >= 4 is 17.6 Å². The minimum absolute atomic E-state index is 0.226. The van der Waals surface area contributed by atoms with E-state index >= 15 is 0 Å². The molecule has 3 rings (SSSR count). The van der Waals surface area contributed by atoms with Gasteiger partial charge in [-0.3, -0.25) is 9.89 Å². The van der Waals surface area contributed by atoms with Crippen LogP contribution in [0.25, 0.3) is 0 Å². The summed E-state index contributed by atoms with van der Waals surface area (Å²) in [5.74, 6) is 0.924. The Morgan fingerprint density at radius 1 is 1.10 bits per heavy atom. The molecule has 1 unspecified atom stereocenters. The van der Waals surface area contributed by atoms with E-state index in [0.717, 1.165) is 69.8 Å². The van der Waals surface area contributed by atoms with Gasteiger partial charge in [0, 0.05) is 49.8 Å².